The topological polar surface area (TPSA) is 9.23 Å². The molecular formula is C24H30O. The molecule has 3 rings (SSSR count). The summed E-state index contributed by atoms with van der Waals surface area (Å²) in [7, 11) is 0. The zero-order chi connectivity index (χ0) is 17.5. The summed E-state index contributed by atoms with van der Waals surface area (Å²) in [6.07, 6.45) is 8.37. The van der Waals surface area contributed by atoms with Crippen molar-refractivity contribution in [2.24, 2.45) is 5.92 Å². The van der Waals surface area contributed by atoms with Crippen molar-refractivity contribution in [3.8, 4) is 11.1 Å². The molecule has 2 aromatic rings. The molecule has 1 aliphatic rings. The van der Waals surface area contributed by atoms with Gasteiger partial charge < -0.3 is 4.74 Å². The van der Waals surface area contributed by atoms with Gasteiger partial charge >= 0.3 is 0 Å². The summed E-state index contributed by atoms with van der Waals surface area (Å²) in [5.74, 6) is 1.46. The van der Waals surface area contributed by atoms with Crippen LogP contribution >= 0.6 is 0 Å². The first-order valence-electron chi connectivity index (χ1n) is 9.69. The summed E-state index contributed by atoms with van der Waals surface area (Å²) >= 11 is 0. The largest absolute Gasteiger partial charge is 0.377 e. The third-order valence-corrected chi connectivity index (χ3v) is 5.39. The molecule has 0 N–H and O–H groups in total. The lowest BCUT2D eigenvalue weighted by Crippen LogP contribution is -2.11. The minimum atomic E-state index is 0.709. The Morgan fingerprint density at radius 1 is 0.920 bits per heavy atom. The van der Waals surface area contributed by atoms with E-state index in [4.69, 9.17) is 4.74 Å². The summed E-state index contributed by atoms with van der Waals surface area (Å²) < 4.78 is 5.61. The van der Waals surface area contributed by atoms with Gasteiger partial charge in [0.25, 0.3) is 0 Å². The molecule has 132 valence electrons. The van der Waals surface area contributed by atoms with Crippen LogP contribution in [0.25, 0.3) is 11.1 Å². The van der Waals surface area contributed by atoms with Crippen LogP contribution in [0.4, 0.5) is 0 Å². The Hall–Kier alpha value is -1.86. The second-order valence-corrected chi connectivity index (χ2v) is 7.22. The van der Waals surface area contributed by atoms with Crippen LogP contribution in [0.2, 0.25) is 0 Å². The van der Waals surface area contributed by atoms with E-state index in [1.54, 1.807) is 0 Å². The minimum absolute atomic E-state index is 0.709. The SMILES string of the molecule is C=C[C@H]1CC[C@H](c2ccc(-c3ccc(COCCC)cc3)cc2)CC1. The fraction of sp³-hybridized carbons (Fsp3) is 0.417. The van der Waals surface area contributed by atoms with Crippen molar-refractivity contribution < 1.29 is 4.74 Å². The highest BCUT2D eigenvalue weighted by molar-refractivity contribution is 5.64. The highest BCUT2D eigenvalue weighted by Crippen LogP contribution is 2.36. The van der Waals surface area contributed by atoms with E-state index in [1.807, 2.05) is 0 Å². The van der Waals surface area contributed by atoms with E-state index in [9.17, 15) is 0 Å². The highest BCUT2D eigenvalue weighted by Gasteiger charge is 2.20. The van der Waals surface area contributed by atoms with Crippen molar-refractivity contribution in [3.63, 3.8) is 0 Å². The highest BCUT2D eigenvalue weighted by atomic mass is 16.5. The molecule has 1 heteroatoms. The standard InChI is InChI=1S/C24H30O/c1-3-17-25-18-20-7-11-22(12-8-20)24-15-13-23(14-16-24)21-9-5-19(4-2)6-10-21/h4,7-8,11-16,19,21H,2-3,5-6,9-10,17-18H2,1H3/t19-,21-. The predicted octanol–water partition coefficient (Wildman–Crippen LogP) is 6.74. The van der Waals surface area contributed by atoms with E-state index < -0.39 is 0 Å². The van der Waals surface area contributed by atoms with E-state index in [0.29, 0.717) is 6.61 Å². The molecule has 0 atom stereocenters. The van der Waals surface area contributed by atoms with E-state index in [-0.39, 0.29) is 0 Å². The molecule has 0 amide bonds. The molecule has 0 aromatic heterocycles. The van der Waals surface area contributed by atoms with E-state index in [2.05, 4.69) is 68.1 Å². The van der Waals surface area contributed by atoms with Gasteiger partial charge in [0.05, 0.1) is 6.61 Å². The van der Waals surface area contributed by atoms with Gasteiger partial charge in [-0.25, -0.2) is 0 Å². The van der Waals surface area contributed by atoms with Gasteiger partial charge in [0.1, 0.15) is 0 Å². The summed E-state index contributed by atoms with van der Waals surface area (Å²) in [6.45, 7) is 7.62. The number of hydrogen-bond acceptors (Lipinski definition) is 1. The first-order valence-corrected chi connectivity index (χ1v) is 9.69. The number of rotatable bonds is 7. The Labute approximate surface area is 152 Å². The van der Waals surface area contributed by atoms with E-state index >= 15 is 0 Å². The van der Waals surface area contributed by atoms with Crippen LogP contribution in [0.1, 0.15) is 56.1 Å². The third-order valence-electron chi connectivity index (χ3n) is 5.39. The van der Waals surface area contributed by atoms with Gasteiger partial charge in [0.2, 0.25) is 0 Å². The van der Waals surface area contributed by atoms with Crippen LogP contribution in [0, 0.1) is 5.92 Å². The van der Waals surface area contributed by atoms with Crippen molar-refractivity contribution in [2.75, 3.05) is 6.61 Å². The fourth-order valence-electron chi connectivity index (χ4n) is 3.76. The first-order chi connectivity index (χ1) is 12.3. The molecular weight excluding hydrogens is 304 g/mol. The Morgan fingerprint density at radius 2 is 1.52 bits per heavy atom. The monoisotopic (exact) mass is 334 g/mol. The molecule has 1 nitrogen and oxygen atoms in total. The van der Waals surface area contributed by atoms with Crippen molar-refractivity contribution in [1.29, 1.82) is 0 Å². The van der Waals surface area contributed by atoms with Crippen molar-refractivity contribution in [2.45, 2.75) is 51.6 Å². The Bertz CT molecular complexity index is 645. The summed E-state index contributed by atoms with van der Waals surface area (Å²) in [4.78, 5) is 0. The zero-order valence-corrected chi connectivity index (χ0v) is 15.4. The maximum atomic E-state index is 5.61. The second kappa shape index (κ2) is 9.01. The molecule has 0 saturated heterocycles. The van der Waals surface area contributed by atoms with Crippen LogP contribution < -0.4 is 0 Å². The number of hydrogen-bond donors (Lipinski definition) is 0. The van der Waals surface area contributed by atoms with E-state index in [0.717, 1.165) is 24.9 Å². The average molecular weight is 335 g/mol. The van der Waals surface area contributed by atoms with E-state index in [1.165, 1.54) is 47.9 Å². The first kappa shape index (κ1) is 17.9. The molecule has 1 saturated carbocycles. The number of benzene rings is 2. The van der Waals surface area contributed by atoms with Gasteiger partial charge in [0, 0.05) is 6.61 Å². The average Bonchev–Trinajstić information content (AvgIpc) is 2.69. The van der Waals surface area contributed by atoms with Gasteiger partial charge in [-0.3, -0.25) is 0 Å². The van der Waals surface area contributed by atoms with Gasteiger partial charge in [-0.2, -0.15) is 0 Å². The van der Waals surface area contributed by atoms with Crippen LogP contribution in [0.15, 0.2) is 61.2 Å². The molecule has 0 bridgehead atoms. The molecule has 0 heterocycles. The van der Waals surface area contributed by atoms with Crippen molar-refractivity contribution in [3.05, 3.63) is 72.3 Å². The predicted molar refractivity (Wildman–Crippen MR) is 107 cm³/mol. The maximum Gasteiger partial charge on any atom is 0.0716 e. The summed E-state index contributed by atoms with van der Waals surface area (Å²) in [5.41, 5.74) is 5.31. The number of ether oxygens (including phenoxy) is 1. The molecule has 0 unspecified atom stereocenters. The number of allylic oxidation sites excluding steroid dienone is 1. The Kier molecular flexibility index (Phi) is 6.47. The minimum Gasteiger partial charge on any atom is -0.377 e. The van der Waals surface area contributed by atoms with Crippen LogP contribution in [0.3, 0.4) is 0 Å². The molecule has 1 fully saturated rings. The van der Waals surface area contributed by atoms with Crippen LogP contribution in [-0.4, -0.2) is 6.61 Å². The maximum absolute atomic E-state index is 5.61. The van der Waals surface area contributed by atoms with Crippen molar-refractivity contribution in [1.82, 2.24) is 0 Å². The third kappa shape index (κ3) is 4.83. The molecule has 0 spiro atoms. The quantitative estimate of drug-likeness (QED) is 0.402. The smallest absolute Gasteiger partial charge is 0.0716 e. The second-order valence-electron chi connectivity index (χ2n) is 7.22. The van der Waals surface area contributed by atoms with Gasteiger partial charge in [0.15, 0.2) is 0 Å². The van der Waals surface area contributed by atoms with Gasteiger partial charge in [-0.1, -0.05) is 61.5 Å². The molecule has 0 aliphatic heterocycles. The van der Waals surface area contributed by atoms with Crippen molar-refractivity contribution >= 4 is 0 Å². The lowest BCUT2D eigenvalue weighted by atomic mass is 9.78. The normalized spacial score (nSPS) is 20.4. The zero-order valence-electron chi connectivity index (χ0n) is 15.4. The fourth-order valence-corrected chi connectivity index (χ4v) is 3.76. The summed E-state index contributed by atoms with van der Waals surface area (Å²) in [5, 5.41) is 0. The molecule has 25 heavy (non-hydrogen) atoms. The van der Waals surface area contributed by atoms with Gasteiger partial charge in [-0.15, -0.1) is 6.58 Å². The van der Waals surface area contributed by atoms with Crippen LogP contribution in [-0.2, 0) is 11.3 Å². The van der Waals surface area contributed by atoms with Crippen LogP contribution in [0.5, 0.6) is 0 Å². The Morgan fingerprint density at radius 3 is 2.08 bits per heavy atom. The Balaban J connectivity index is 1.61. The lowest BCUT2D eigenvalue weighted by molar-refractivity contribution is 0.121. The van der Waals surface area contributed by atoms with Gasteiger partial charge in [-0.05, 0) is 66.2 Å². The molecule has 2 aromatic carbocycles. The molecule has 0 radical (unpaired) electrons. The molecule has 1 aliphatic carbocycles. The lowest BCUT2D eigenvalue weighted by Gasteiger charge is -2.27. The summed E-state index contributed by atoms with van der Waals surface area (Å²) in [6, 6.07) is 18.0.